The lowest BCUT2D eigenvalue weighted by Gasteiger charge is -2.32. The van der Waals surface area contributed by atoms with E-state index in [2.05, 4.69) is 17.0 Å². The van der Waals surface area contributed by atoms with Gasteiger partial charge in [0, 0.05) is 30.3 Å². The van der Waals surface area contributed by atoms with Gasteiger partial charge in [0.1, 0.15) is 0 Å². The van der Waals surface area contributed by atoms with Crippen LogP contribution in [-0.4, -0.2) is 37.1 Å². The molecule has 1 fully saturated rings. The number of hydrogen-bond donors (Lipinski definition) is 1. The molecule has 5 heteroatoms. The SMILES string of the molecule is Nc1ccc2cc(C(=O)C3CCCN(CCc4ccc5c(c4)OCO5)C3)ccc2c1. The van der Waals surface area contributed by atoms with Crippen LogP contribution in [0.2, 0.25) is 0 Å². The summed E-state index contributed by atoms with van der Waals surface area (Å²) in [6.45, 7) is 3.12. The molecule has 5 rings (SSSR count). The zero-order chi connectivity index (χ0) is 20.5. The summed E-state index contributed by atoms with van der Waals surface area (Å²) in [5.41, 5.74) is 8.65. The van der Waals surface area contributed by atoms with Crippen LogP contribution < -0.4 is 15.2 Å². The van der Waals surface area contributed by atoms with Gasteiger partial charge in [-0.25, -0.2) is 0 Å². The fourth-order valence-corrected chi connectivity index (χ4v) is 4.51. The summed E-state index contributed by atoms with van der Waals surface area (Å²) < 4.78 is 10.9. The molecule has 0 bridgehead atoms. The molecule has 2 aliphatic rings. The molecule has 2 N–H and O–H groups in total. The number of piperidine rings is 1. The van der Waals surface area contributed by atoms with Crippen LogP contribution in [0.3, 0.4) is 0 Å². The van der Waals surface area contributed by atoms with Crippen LogP contribution in [0.15, 0.2) is 54.6 Å². The molecule has 0 saturated carbocycles. The standard InChI is InChI=1S/C25H26N2O3/c26-22-7-6-18-13-20(5-4-19(18)14-22)25(28)21-2-1-10-27(15-21)11-9-17-3-8-23-24(12-17)30-16-29-23/h3-8,12-14,21H,1-2,9-11,15-16,26H2. The van der Waals surface area contributed by atoms with Crippen molar-refractivity contribution in [1.29, 1.82) is 0 Å². The van der Waals surface area contributed by atoms with Crippen molar-refractivity contribution >= 4 is 22.2 Å². The molecular formula is C25H26N2O3. The van der Waals surface area contributed by atoms with Crippen molar-refractivity contribution < 1.29 is 14.3 Å². The van der Waals surface area contributed by atoms with Crippen LogP contribution in [0.5, 0.6) is 11.5 Å². The molecule has 2 aliphatic heterocycles. The summed E-state index contributed by atoms with van der Waals surface area (Å²) in [4.78, 5) is 15.6. The van der Waals surface area contributed by atoms with E-state index in [1.807, 2.05) is 42.5 Å². The number of carbonyl (C=O) groups is 1. The molecule has 3 aromatic carbocycles. The maximum absolute atomic E-state index is 13.2. The summed E-state index contributed by atoms with van der Waals surface area (Å²) in [6, 6.07) is 17.9. The van der Waals surface area contributed by atoms with Crippen molar-refractivity contribution in [3.63, 3.8) is 0 Å². The van der Waals surface area contributed by atoms with Crippen LogP contribution in [0.25, 0.3) is 10.8 Å². The predicted molar refractivity (Wildman–Crippen MR) is 118 cm³/mol. The summed E-state index contributed by atoms with van der Waals surface area (Å²) >= 11 is 0. The molecule has 3 aromatic rings. The van der Waals surface area contributed by atoms with Gasteiger partial charge in [0.25, 0.3) is 0 Å². The van der Waals surface area contributed by atoms with Gasteiger partial charge in [-0.15, -0.1) is 0 Å². The molecule has 0 aromatic heterocycles. The molecule has 0 amide bonds. The van der Waals surface area contributed by atoms with E-state index in [4.69, 9.17) is 15.2 Å². The Balaban J connectivity index is 1.23. The Labute approximate surface area is 176 Å². The monoisotopic (exact) mass is 402 g/mol. The van der Waals surface area contributed by atoms with E-state index < -0.39 is 0 Å². The molecule has 2 heterocycles. The Morgan fingerprint density at radius 3 is 2.77 bits per heavy atom. The van der Waals surface area contributed by atoms with Crippen LogP contribution in [0.4, 0.5) is 5.69 Å². The maximum atomic E-state index is 13.2. The topological polar surface area (TPSA) is 64.8 Å². The molecular weight excluding hydrogens is 376 g/mol. The van der Waals surface area contributed by atoms with Crippen LogP contribution >= 0.6 is 0 Å². The highest BCUT2D eigenvalue weighted by Gasteiger charge is 2.26. The van der Waals surface area contributed by atoms with Gasteiger partial charge < -0.3 is 20.1 Å². The quantitative estimate of drug-likeness (QED) is 0.510. The van der Waals surface area contributed by atoms with Gasteiger partial charge in [0.05, 0.1) is 0 Å². The Morgan fingerprint density at radius 2 is 1.83 bits per heavy atom. The summed E-state index contributed by atoms with van der Waals surface area (Å²) in [6.07, 6.45) is 2.95. The first-order valence-electron chi connectivity index (χ1n) is 10.6. The van der Waals surface area contributed by atoms with E-state index in [9.17, 15) is 4.79 Å². The molecule has 30 heavy (non-hydrogen) atoms. The van der Waals surface area contributed by atoms with Gasteiger partial charge in [-0.05, 0) is 72.5 Å². The fourth-order valence-electron chi connectivity index (χ4n) is 4.51. The number of nitrogens with zero attached hydrogens (tertiary/aromatic N) is 1. The van der Waals surface area contributed by atoms with Crippen molar-refractivity contribution in [1.82, 2.24) is 4.90 Å². The van der Waals surface area contributed by atoms with Crippen molar-refractivity contribution in [3.05, 3.63) is 65.7 Å². The maximum Gasteiger partial charge on any atom is 0.231 e. The van der Waals surface area contributed by atoms with E-state index in [1.54, 1.807) is 0 Å². The smallest absolute Gasteiger partial charge is 0.231 e. The number of rotatable bonds is 5. The second kappa shape index (κ2) is 8.00. The Kier molecular flexibility index (Phi) is 5.05. The third-order valence-electron chi connectivity index (χ3n) is 6.18. The van der Waals surface area contributed by atoms with Gasteiger partial charge in [0.2, 0.25) is 6.79 Å². The summed E-state index contributed by atoms with van der Waals surface area (Å²) in [5.74, 6) is 1.96. The highest BCUT2D eigenvalue weighted by Crippen LogP contribution is 2.33. The number of anilines is 1. The van der Waals surface area contributed by atoms with E-state index in [0.717, 1.165) is 72.4 Å². The minimum Gasteiger partial charge on any atom is -0.454 e. The third kappa shape index (κ3) is 3.85. The van der Waals surface area contributed by atoms with Gasteiger partial charge in [0.15, 0.2) is 17.3 Å². The minimum absolute atomic E-state index is 0.0572. The number of nitrogen functional groups attached to an aromatic ring is 1. The minimum atomic E-state index is 0.0572. The van der Waals surface area contributed by atoms with Gasteiger partial charge in [-0.1, -0.05) is 24.3 Å². The summed E-state index contributed by atoms with van der Waals surface area (Å²) in [5, 5.41) is 2.13. The largest absolute Gasteiger partial charge is 0.454 e. The van der Waals surface area contributed by atoms with E-state index in [-0.39, 0.29) is 11.7 Å². The Morgan fingerprint density at radius 1 is 1.00 bits per heavy atom. The molecule has 1 unspecified atom stereocenters. The molecule has 154 valence electrons. The predicted octanol–water partition coefficient (Wildman–Crippen LogP) is 4.29. The lowest BCUT2D eigenvalue weighted by atomic mass is 9.89. The normalized spacial score (nSPS) is 18.6. The van der Waals surface area contributed by atoms with Crippen molar-refractivity contribution in [2.45, 2.75) is 19.3 Å². The highest BCUT2D eigenvalue weighted by atomic mass is 16.7. The molecule has 0 spiro atoms. The molecule has 5 nitrogen and oxygen atoms in total. The fraction of sp³-hybridized carbons (Fsp3) is 0.320. The van der Waals surface area contributed by atoms with Gasteiger partial charge in [-0.2, -0.15) is 0 Å². The molecule has 0 aliphatic carbocycles. The lowest BCUT2D eigenvalue weighted by Crippen LogP contribution is -2.39. The van der Waals surface area contributed by atoms with Crippen LogP contribution in [0, 0.1) is 5.92 Å². The first kappa shape index (κ1) is 18.9. The lowest BCUT2D eigenvalue weighted by molar-refractivity contribution is 0.0821. The van der Waals surface area contributed by atoms with E-state index >= 15 is 0 Å². The number of carbonyl (C=O) groups excluding carboxylic acids is 1. The first-order chi connectivity index (χ1) is 14.7. The zero-order valence-electron chi connectivity index (χ0n) is 17.0. The average molecular weight is 402 g/mol. The second-order valence-electron chi connectivity index (χ2n) is 8.26. The number of ether oxygens (including phenoxy) is 2. The van der Waals surface area contributed by atoms with Crippen molar-refractivity contribution in [3.8, 4) is 11.5 Å². The highest BCUT2D eigenvalue weighted by molar-refractivity contribution is 6.01. The second-order valence-corrected chi connectivity index (χ2v) is 8.26. The Hall–Kier alpha value is -3.05. The van der Waals surface area contributed by atoms with Gasteiger partial charge >= 0.3 is 0 Å². The van der Waals surface area contributed by atoms with Crippen LogP contribution in [0.1, 0.15) is 28.8 Å². The number of nitrogens with two attached hydrogens (primary N) is 1. The van der Waals surface area contributed by atoms with Gasteiger partial charge in [-0.3, -0.25) is 4.79 Å². The summed E-state index contributed by atoms with van der Waals surface area (Å²) in [7, 11) is 0. The number of likely N-dealkylation sites (tertiary alicyclic amines) is 1. The number of fused-ring (bicyclic) bond motifs is 2. The molecule has 0 radical (unpaired) electrons. The van der Waals surface area contributed by atoms with E-state index in [1.165, 1.54) is 5.56 Å². The Bertz CT molecular complexity index is 1090. The number of ketones is 1. The van der Waals surface area contributed by atoms with E-state index in [0.29, 0.717) is 6.79 Å². The molecule has 1 atom stereocenters. The zero-order valence-corrected chi connectivity index (χ0v) is 17.0. The number of benzene rings is 3. The average Bonchev–Trinajstić information content (AvgIpc) is 3.25. The van der Waals surface area contributed by atoms with Crippen molar-refractivity contribution in [2.75, 3.05) is 32.2 Å². The number of hydrogen-bond acceptors (Lipinski definition) is 5. The molecule has 1 saturated heterocycles. The first-order valence-corrected chi connectivity index (χ1v) is 10.6. The van der Waals surface area contributed by atoms with Crippen LogP contribution in [-0.2, 0) is 6.42 Å². The third-order valence-corrected chi connectivity index (χ3v) is 6.18. The number of Topliss-reactive ketones (excluding diaryl/α,β-unsaturated/α-hetero) is 1. The van der Waals surface area contributed by atoms with Crippen molar-refractivity contribution in [2.24, 2.45) is 5.92 Å².